The van der Waals surface area contributed by atoms with E-state index in [-0.39, 0.29) is 24.4 Å². The smallest absolute Gasteiger partial charge is 0.227 e. The van der Waals surface area contributed by atoms with Crippen molar-refractivity contribution in [2.75, 3.05) is 24.6 Å². The van der Waals surface area contributed by atoms with Crippen molar-refractivity contribution < 1.29 is 4.79 Å². The fourth-order valence-corrected chi connectivity index (χ4v) is 4.60. The summed E-state index contributed by atoms with van der Waals surface area (Å²) in [6, 6.07) is 0.154. The lowest BCUT2D eigenvalue weighted by Crippen LogP contribution is -2.49. The maximum absolute atomic E-state index is 12.4. The number of hydrogen-bond donors (Lipinski definition) is 1. The van der Waals surface area contributed by atoms with E-state index < -0.39 is 0 Å². The Morgan fingerprint density at radius 2 is 1.82 bits per heavy atom. The van der Waals surface area contributed by atoms with Gasteiger partial charge in [0.2, 0.25) is 5.91 Å². The second-order valence-electron chi connectivity index (χ2n) is 5.37. The zero-order chi connectivity index (χ0) is 11.1. The van der Waals surface area contributed by atoms with Crippen molar-refractivity contribution in [2.45, 2.75) is 25.3 Å². The number of carbonyl (C=O) groups is 1. The number of rotatable bonds is 1. The highest BCUT2D eigenvalue weighted by atomic mass is 35.5. The van der Waals surface area contributed by atoms with Crippen LogP contribution in [0.4, 0.5) is 0 Å². The largest absolute Gasteiger partial charge is 0.341 e. The van der Waals surface area contributed by atoms with E-state index in [2.05, 4.69) is 4.90 Å². The van der Waals surface area contributed by atoms with Gasteiger partial charge in [-0.2, -0.15) is 11.8 Å². The molecule has 2 N–H and O–H groups in total. The first-order valence-electron chi connectivity index (χ1n) is 6.39. The number of hydrogen-bond acceptors (Lipinski definition) is 3. The molecule has 4 atom stereocenters. The van der Waals surface area contributed by atoms with Gasteiger partial charge in [0.05, 0.1) is 5.92 Å². The Kier molecular flexibility index (Phi) is 4.26. The van der Waals surface area contributed by atoms with Crippen LogP contribution in [0.3, 0.4) is 0 Å². The van der Waals surface area contributed by atoms with Gasteiger partial charge in [-0.25, -0.2) is 0 Å². The Morgan fingerprint density at radius 1 is 1.18 bits per heavy atom. The minimum atomic E-state index is 0. The lowest BCUT2D eigenvalue weighted by molar-refractivity contribution is -0.137. The summed E-state index contributed by atoms with van der Waals surface area (Å²) in [6.07, 6.45) is 3.70. The molecule has 0 aromatic heterocycles. The molecule has 5 heteroatoms. The molecule has 2 saturated carbocycles. The van der Waals surface area contributed by atoms with Crippen molar-refractivity contribution in [1.82, 2.24) is 4.90 Å². The number of thioether (sulfide) groups is 1. The molecule has 2 bridgehead atoms. The minimum Gasteiger partial charge on any atom is -0.341 e. The normalized spacial score (nSPS) is 40.2. The SMILES string of the molecule is Cl.NC1C2CCC(C2)C1C(=O)N1CCSCC1. The Labute approximate surface area is 113 Å². The number of nitrogens with zero attached hydrogens (tertiary/aromatic N) is 1. The minimum absolute atomic E-state index is 0. The maximum atomic E-state index is 12.4. The molecule has 17 heavy (non-hydrogen) atoms. The second-order valence-corrected chi connectivity index (χ2v) is 6.60. The van der Waals surface area contributed by atoms with E-state index in [0.29, 0.717) is 17.7 Å². The molecular formula is C12H21ClN2OS. The molecule has 98 valence electrons. The molecule has 3 rings (SSSR count). The standard InChI is InChI=1S/C12H20N2OS.ClH/c13-11-9-2-1-8(7-9)10(11)12(15)14-3-5-16-6-4-14;/h8-11H,1-7,13H2;1H. The Morgan fingerprint density at radius 3 is 2.41 bits per heavy atom. The van der Waals surface area contributed by atoms with Crippen LogP contribution in [0.25, 0.3) is 0 Å². The molecule has 1 heterocycles. The molecule has 3 nitrogen and oxygen atoms in total. The monoisotopic (exact) mass is 276 g/mol. The van der Waals surface area contributed by atoms with Gasteiger partial charge >= 0.3 is 0 Å². The Bertz CT molecular complexity index is 294. The molecule has 0 spiro atoms. The first kappa shape index (κ1) is 13.5. The average molecular weight is 277 g/mol. The number of fused-ring (bicyclic) bond motifs is 2. The molecule has 4 unspecified atom stereocenters. The topological polar surface area (TPSA) is 46.3 Å². The van der Waals surface area contributed by atoms with E-state index >= 15 is 0 Å². The molecule has 3 fully saturated rings. The number of amides is 1. The van der Waals surface area contributed by atoms with Gasteiger partial charge in [0.15, 0.2) is 0 Å². The number of carbonyl (C=O) groups excluding carboxylic acids is 1. The molecule has 1 saturated heterocycles. The zero-order valence-electron chi connectivity index (χ0n) is 10.0. The number of nitrogens with two attached hydrogens (primary N) is 1. The van der Waals surface area contributed by atoms with Crippen LogP contribution in [0.2, 0.25) is 0 Å². The van der Waals surface area contributed by atoms with E-state index in [0.717, 1.165) is 24.6 Å². The number of halogens is 1. The third-order valence-electron chi connectivity index (χ3n) is 4.59. The summed E-state index contributed by atoms with van der Waals surface area (Å²) in [6.45, 7) is 1.87. The van der Waals surface area contributed by atoms with E-state index in [1.165, 1.54) is 19.3 Å². The van der Waals surface area contributed by atoms with E-state index in [4.69, 9.17) is 5.73 Å². The van der Waals surface area contributed by atoms with Gasteiger partial charge in [-0.15, -0.1) is 12.4 Å². The van der Waals surface area contributed by atoms with Crippen molar-refractivity contribution in [1.29, 1.82) is 0 Å². The lowest BCUT2D eigenvalue weighted by Gasteiger charge is -2.34. The van der Waals surface area contributed by atoms with Gasteiger partial charge < -0.3 is 10.6 Å². The molecule has 1 amide bonds. The van der Waals surface area contributed by atoms with Crippen molar-refractivity contribution in [3.63, 3.8) is 0 Å². The first-order chi connectivity index (χ1) is 7.77. The molecule has 1 aliphatic heterocycles. The van der Waals surface area contributed by atoms with Crippen molar-refractivity contribution in [3.8, 4) is 0 Å². The maximum Gasteiger partial charge on any atom is 0.227 e. The van der Waals surface area contributed by atoms with E-state index in [1.54, 1.807) is 0 Å². The van der Waals surface area contributed by atoms with Crippen LogP contribution in [0.15, 0.2) is 0 Å². The highest BCUT2D eigenvalue weighted by Crippen LogP contribution is 2.48. The average Bonchev–Trinajstić information content (AvgIpc) is 2.90. The summed E-state index contributed by atoms with van der Waals surface area (Å²) in [7, 11) is 0. The van der Waals surface area contributed by atoms with Gasteiger partial charge in [0.25, 0.3) is 0 Å². The summed E-state index contributed by atoms with van der Waals surface area (Å²) >= 11 is 1.95. The summed E-state index contributed by atoms with van der Waals surface area (Å²) in [4.78, 5) is 14.5. The van der Waals surface area contributed by atoms with Crippen molar-refractivity contribution in [2.24, 2.45) is 23.5 Å². The summed E-state index contributed by atoms with van der Waals surface area (Å²) in [5, 5.41) is 0. The van der Waals surface area contributed by atoms with Gasteiger partial charge in [-0.05, 0) is 31.1 Å². The Hall–Kier alpha value is 0.0700. The van der Waals surface area contributed by atoms with Crippen LogP contribution in [0.1, 0.15) is 19.3 Å². The second kappa shape index (κ2) is 5.37. The van der Waals surface area contributed by atoms with Crippen LogP contribution in [0, 0.1) is 17.8 Å². The summed E-state index contributed by atoms with van der Waals surface area (Å²) < 4.78 is 0. The molecule has 0 radical (unpaired) electrons. The first-order valence-corrected chi connectivity index (χ1v) is 7.55. The zero-order valence-corrected chi connectivity index (χ0v) is 11.6. The van der Waals surface area contributed by atoms with Crippen LogP contribution in [0.5, 0.6) is 0 Å². The third-order valence-corrected chi connectivity index (χ3v) is 5.53. The Balaban J connectivity index is 0.00000108. The van der Waals surface area contributed by atoms with Gasteiger partial charge in [-0.1, -0.05) is 0 Å². The molecule has 2 aliphatic carbocycles. The third kappa shape index (κ3) is 2.32. The van der Waals surface area contributed by atoms with Crippen molar-refractivity contribution in [3.05, 3.63) is 0 Å². The van der Waals surface area contributed by atoms with Crippen LogP contribution in [-0.4, -0.2) is 41.4 Å². The lowest BCUT2D eigenvalue weighted by atomic mass is 9.84. The molecular weight excluding hydrogens is 256 g/mol. The van der Waals surface area contributed by atoms with Gasteiger partial charge in [0.1, 0.15) is 0 Å². The van der Waals surface area contributed by atoms with Gasteiger partial charge in [0, 0.05) is 30.6 Å². The predicted octanol–water partition coefficient (Wildman–Crippen LogP) is 1.36. The molecule has 0 aromatic rings. The van der Waals surface area contributed by atoms with Crippen LogP contribution < -0.4 is 5.73 Å². The van der Waals surface area contributed by atoms with Crippen LogP contribution >= 0.6 is 24.2 Å². The van der Waals surface area contributed by atoms with E-state index in [9.17, 15) is 4.79 Å². The quantitative estimate of drug-likeness (QED) is 0.787. The fourth-order valence-electron chi connectivity index (χ4n) is 3.70. The molecule has 0 aromatic carbocycles. The highest BCUT2D eigenvalue weighted by Gasteiger charge is 2.50. The predicted molar refractivity (Wildman–Crippen MR) is 73.4 cm³/mol. The highest BCUT2D eigenvalue weighted by molar-refractivity contribution is 7.99. The van der Waals surface area contributed by atoms with E-state index in [1.807, 2.05) is 11.8 Å². The van der Waals surface area contributed by atoms with Crippen molar-refractivity contribution >= 4 is 30.1 Å². The fraction of sp³-hybridized carbons (Fsp3) is 0.917. The summed E-state index contributed by atoms with van der Waals surface area (Å²) in [5.41, 5.74) is 6.22. The van der Waals surface area contributed by atoms with Gasteiger partial charge in [-0.3, -0.25) is 4.79 Å². The molecule has 3 aliphatic rings. The summed E-state index contributed by atoms with van der Waals surface area (Å²) in [5.74, 6) is 3.95. The van der Waals surface area contributed by atoms with Crippen LogP contribution in [-0.2, 0) is 4.79 Å².